The van der Waals surface area contributed by atoms with E-state index in [1.54, 1.807) is 24.3 Å². The number of rotatable bonds is 2. The van der Waals surface area contributed by atoms with Gasteiger partial charge < -0.3 is 9.57 Å². The Morgan fingerprint density at radius 2 is 1.50 bits per heavy atom. The van der Waals surface area contributed by atoms with Gasteiger partial charge in [0.05, 0.1) is 35.3 Å². The molecule has 2 amide bonds. The molecule has 3 fully saturated rings. The van der Waals surface area contributed by atoms with Crippen LogP contribution in [-0.2, 0) is 19.2 Å². The van der Waals surface area contributed by atoms with Gasteiger partial charge in [-0.2, -0.15) is 0 Å². The fourth-order valence-electron chi connectivity index (χ4n) is 5.05. The quantitative estimate of drug-likeness (QED) is 0.734. The molecule has 6 nitrogen and oxygen atoms in total. The largest absolute Gasteiger partial charge is 0.389 e. The number of amides is 2. The number of hydrogen-bond acceptors (Lipinski definition) is 5. The normalized spacial score (nSPS) is 35.0. The van der Waals surface area contributed by atoms with E-state index in [9.17, 15) is 9.59 Å². The van der Waals surface area contributed by atoms with Crippen molar-refractivity contribution < 1.29 is 19.2 Å². The highest BCUT2D eigenvalue weighted by Gasteiger charge is 2.72. The Morgan fingerprint density at radius 1 is 0.821 bits per heavy atom. The number of anilines is 1. The van der Waals surface area contributed by atoms with Crippen molar-refractivity contribution in [2.45, 2.75) is 18.3 Å². The predicted molar refractivity (Wildman–Crippen MR) is 101 cm³/mol. The molecular formula is C21H15ClN2O4. The molecule has 6 rings (SSSR count). The lowest BCUT2D eigenvalue weighted by atomic mass is 9.71. The van der Waals surface area contributed by atoms with Crippen molar-refractivity contribution in [2.75, 3.05) is 4.90 Å². The summed E-state index contributed by atoms with van der Waals surface area (Å²) in [6.45, 7) is 0. The van der Waals surface area contributed by atoms with Gasteiger partial charge in [-0.25, -0.2) is 4.90 Å². The maximum absolute atomic E-state index is 13.2. The van der Waals surface area contributed by atoms with Gasteiger partial charge in [0.25, 0.3) is 0 Å². The highest BCUT2D eigenvalue weighted by Crippen LogP contribution is 2.55. The monoisotopic (exact) mass is 394 g/mol. The van der Waals surface area contributed by atoms with Gasteiger partial charge in [0, 0.05) is 5.02 Å². The fourth-order valence-corrected chi connectivity index (χ4v) is 5.17. The number of imide groups is 1. The van der Waals surface area contributed by atoms with E-state index in [4.69, 9.17) is 21.2 Å². The SMILES string of the molecule is O=C1[C@@H]2[C@@H]3O[C@@H]([C@H]4C(c5ccc(Cl)cc5)=NO[C@@H]34)[C@@H]2C(=O)N1c1ccccc1. The van der Waals surface area contributed by atoms with E-state index < -0.39 is 24.0 Å². The highest BCUT2D eigenvalue weighted by atomic mass is 35.5. The number of carbonyl (C=O) groups is 2. The lowest BCUT2D eigenvalue weighted by Gasteiger charge is -2.26. The molecule has 3 saturated heterocycles. The van der Waals surface area contributed by atoms with Crippen LogP contribution in [0.25, 0.3) is 0 Å². The molecule has 2 aromatic rings. The van der Waals surface area contributed by atoms with E-state index in [-0.39, 0.29) is 23.8 Å². The zero-order valence-electron chi connectivity index (χ0n) is 14.6. The number of fused-ring (bicyclic) bond motifs is 8. The maximum Gasteiger partial charge on any atom is 0.240 e. The zero-order valence-corrected chi connectivity index (χ0v) is 15.3. The lowest BCUT2D eigenvalue weighted by Crippen LogP contribution is -2.45. The average Bonchev–Trinajstić information content (AvgIpc) is 3.44. The number of ether oxygens (including phenoxy) is 1. The van der Waals surface area contributed by atoms with Crippen LogP contribution in [-0.4, -0.2) is 35.8 Å². The average molecular weight is 395 g/mol. The van der Waals surface area contributed by atoms with Crippen molar-refractivity contribution in [1.29, 1.82) is 0 Å². The number of halogens is 1. The molecule has 0 unspecified atom stereocenters. The van der Waals surface area contributed by atoms with Gasteiger partial charge >= 0.3 is 0 Å². The highest BCUT2D eigenvalue weighted by molar-refractivity contribution is 6.30. The molecule has 0 aromatic heterocycles. The second-order valence-electron chi connectivity index (χ2n) is 7.54. The molecule has 4 heterocycles. The van der Waals surface area contributed by atoms with E-state index in [0.29, 0.717) is 10.7 Å². The minimum absolute atomic E-state index is 0.167. The molecule has 4 aliphatic rings. The molecule has 140 valence electrons. The minimum atomic E-state index is -0.515. The third-order valence-electron chi connectivity index (χ3n) is 6.19. The van der Waals surface area contributed by atoms with Crippen molar-refractivity contribution in [3.8, 4) is 0 Å². The first kappa shape index (κ1) is 16.3. The topological polar surface area (TPSA) is 68.2 Å². The lowest BCUT2D eigenvalue weighted by molar-refractivity contribution is -0.125. The summed E-state index contributed by atoms with van der Waals surface area (Å²) < 4.78 is 6.11. The molecule has 0 radical (unpaired) electrons. The van der Waals surface area contributed by atoms with Crippen LogP contribution in [0, 0.1) is 17.8 Å². The zero-order chi connectivity index (χ0) is 19.0. The Bertz CT molecular complexity index is 1020. The summed E-state index contributed by atoms with van der Waals surface area (Å²) >= 11 is 5.99. The van der Waals surface area contributed by atoms with E-state index in [0.717, 1.165) is 11.3 Å². The number of para-hydroxylation sites is 1. The second-order valence-corrected chi connectivity index (χ2v) is 7.98. The molecule has 28 heavy (non-hydrogen) atoms. The van der Waals surface area contributed by atoms with Crippen molar-refractivity contribution in [2.24, 2.45) is 22.9 Å². The summed E-state index contributed by atoms with van der Waals surface area (Å²) in [6, 6.07) is 16.4. The molecular weight excluding hydrogens is 380 g/mol. The summed E-state index contributed by atoms with van der Waals surface area (Å²) in [5, 5.41) is 4.91. The van der Waals surface area contributed by atoms with Gasteiger partial charge in [0.1, 0.15) is 6.10 Å². The van der Waals surface area contributed by atoms with E-state index in [1.807, 2.05) is 30.3 Å². The number of oxime groups is 1. The molecule has 7 heteroatoms. The van der Waals surface area contributed by atoms with Crippen LogP contribution < -0.4 is 4.90 Å². The summed E-state index contributed by atoms with van der Waals surface area (Å²) in [5.41, 5.74) is 2.25. The van der Waals surface area contributed by atoms with Crippen LogP contribution in [0.2, 0.25) is 5.02 Å². The number of carbonyl (C=O) groups excluding carboxylic acids is 2. The first-order valence-electron chi connectivity index (χ1n) is 9.23. The van der Waals surface area contributed by atoms with Gasteiger partial charge in [-0.1, -0.05) is 47.1 Å². The molecule has 0 N–H and O–H groups in total. The van der Waals surface area contributed by atoms with Crippen LogP contribution in [0.1, 0.15) is 5.56 Å². The summed E-state index contributed by atoms with van der Waals surface area (Å²) in [6.07, 6.45) is -1.22. The summed E-state index contributed by atoms with van der Waals surface area (Å²) in [7, 11) is 0. The van der Waals surface area contributed by atoms with Gasteiger partial charge in [-0.05, 0) is 29.8 Å². The van der Waals surface area contributed by atoms with Crippen LogP contribution in [0.5, 0.6) is 0 Å². The van der Waals surface area contributed by atoms with Gasteiger partial charge in [0.2, 0.25) is 11.8 Å². The molecule has 0 spiro atoms. The van der Waals surface area contributed by atoms with Crippen molar-refractivity contribution in [1.82, 2.24) is 0 Å². The van der Waals surface area contributed by atoms with Crippen molar-refractivity contribution in [3.63, 3.8) is 0 Å². The molecule has 2 aromatic carbocycles. The molecule has 6 atom stereocenters. The van der Waals surface area contributed by atoms with Crippen molar-refractivity contribution in [3.05, 3.63) is 65.2 Å². The minimum Gasteiger partial charge on any atom is -0.389 e. The van der Waals surface area contributed by atoms with E-state index in [2.05, 4.69) is 5.16 Å². The Hall–Kier alpha value is -2.70. The molecule has 2 bridgehead atoms. The number of hydrogen-bond donors (Lipinski definition) is 0. The van der Waals surface area contributed by atoms with Gasteiger partial charge in [-0.3, -0.25) is 9.59 Å². The molecule has 4 aliphatic heterocycles. The first-order valence-corrected chi connectivity index (χ1v) is 9.61. The number of nitrogens with zero attached hydrogens (tertiary/aromatic N) is 2. The third kappa shape index (κ3) is 1.99. The molecule has 0 aliphatic carbocycles. The van der Waals surface area contributed by atoms with Gasteiger partial charge in [-0.15, -0.1) is 0 Å². The second kappa shape index (κ2) is 5.65. The van der Waals surface area contributed by atoms with Crippen LogP contribution in [0.15, 0.2) is 59.8 Å². The third-order valence-corrected chi connectivity index (χ3v) is 6.45. The Labute approximate surface area is 165 Å². The predicted octanol–water partition coefficient (Wildman–Crippen LogP) is 2.65. The standard InChI is InChI=1S/C21H15ClN2O4/c22-11-8-6-10(7-9-11)16-15-17-13-14(18(27-17)19(15)28-23-16)21(26)24(20(13)25)12-4-2-1-3-5-12/h1-9,13-15,17-19H/t13-,14+,15-,17-,18+,19-/m1/s1. The van der Waals surface area contributed by atoms with E-state index >= 15 is 0 Å². The molecule has 0 saturated carbocycles. The Kier molecular flexibility index (Phi) is 3.29. The Balaban J connectivity index is 1.36. The Morgan fingerprint density at radius 3 is 2.21 bits per heavy atom. The van der Waals surface area contributed by atoms with Gasteiger partial charge in [0.15, 0.2) is 6.10 Å². The van der Waals surface area contributed by atoms with Crippen molar-refractivity contribution >= 4 is 34.8 Å². The van der Waals surface area contributed by atoms with Crippen LogP contribution in [0.4, 0.5) is 5.69 Å². The number of benzene rings is 2. The first-order chi connectivity index (χ1) is 13.6. The van der Waals surface area contributed by atoms with Crippen LogP contribution in [0.3, 0.4) is 0 Å². The van der Waals surface area contributed by atoms with E-state index in [1.165, 1.54) is 4.90 Å². The summed E-state index contributed by atoms with van der Waals surface area (Å²) in [5.74, 6) is -1.60. The smallest absolute Gasteiger partial charge is 0.240 e. The maximum atomic E-state index is 13.2. The fraction of sp³-hybridized carbons (Fsp3) is 0.286. The summed E-state index contributed by atoms with van der Waals surface area (Å²) in [4.78, 5) is 33.3. The van der Waals surface area contributed by atoms with Crippen LogP contribution >= 0.6 is 11.6 Å².